The highest BCUT2D eigenvalue weighted by Crippen LogP contribution is 2.28. The van der Waals surface area contributed by atoms with Gasteiger partial charge in [-0.2, -0.15) is 0 Å². The van der Waals surface area contributed by atoms with E-state index in [9.17, 15) is 4.79 Å². The van der Waals surface area contributed by atoms with Gasteiger partial charge in [0.2, 0.25) is 5.91 Å². The Labute approximate surface area is 116 Å². The van der Waals surface area contributed by atoms with Gasteiger partial charge in [0.25, 0.3) is 0 Å². The Morgan fingerprint density at radius 1 is 1.39 bits per heavy atom. The molecule has 1 fully saturated rings. The molecule has 1 aliphatic rings. The van der Waals surface area contributed by atoms with E-state index in [-0.39, 0.29) is 11.4 Å². The molecule has 1 amide bonds. The summed E-state index contributed by atoms with van der Waals surface area (Å²) in [5.74, 6) is 0.0150. The molecule has 0 spiro atoms. The second-order valence-corrected chi connectivity index (χ2v) is 6.10. The van der Waals surface area contributed by atoms with Crippen LogP contribution in [0.2, 0.25) is 0 Å². The molecule has 98 valence electrons. The fourth-order valence-corrected chi connectivity index (χ4v) is 2.80. The van der Waals surface area contributed by atoms with Crippen LogP contribution in [0.1, 0.15) is 32.6 Å². The van der Waals surface area contributed by atoms with Gasteiger partial charge in [0.1, 0.15) is 0 Å². The van der Waals surface area contributed by atoms with Crippen LogP contribution in [0, 0.1) is 0 Å². The largest absolute Gasteiger partial charge is 0.325 e. The number of amides is 1. The quantitative estimate of drug-likeness (QED) is 0.896. The molecule has 2 rings (SSSR count). The molecular weight excluding hydrogens is 292 g/mol. The number of hydrogen-bond acceptors (Lipinski definition) is 2. The molecule has 2 N–H and O–H groups in total. The van der Waals surface area contributed by atoms with Crippen molar-refractivity contribution in [2.24, 2.45) is 0 Å². The SMILES string of the molecule is CC1(NCC(=O)Nc2cccc(Br)c2)CCCC1. The van der Waals surface area contributed by atoms with E-state index in [2.05, 4.69) is 33.5 Å². The van der Waals surface area contributed by atoms with E-state index >= 15 is 0 Å². The highest BCUT2D eigenvalue weighted by Gasteiger charge is 2.28. The number of hydrogen-bond donors (Lipinski definition) is 2. The summed E-state index contributed by atoms with van der Waals surface area (Å²) in [5.41, 5.74) is 0.974. The second-order valence-electron chi connectivity index (χ2n) is 5.18. The van der Waals surface area contributed by atoms with E-state index in [0.29, 0.717) is 6.54 Å². The van der Waals surface area contributed by atoms with Gasteiger partial charge >= 0.3 is 0 Å². The summed E-state index contributed by atoms with van der Waals surface area (Å²) in [6.45, 7) is 2.58. The minimum absolute atomic E-state index is 0.0150. The summed E-state index contributed by atoms with van der Waals surface area (Å²) in [5, 5.41) is 6.26. The van der Waals surface area contributed by atoms with Crippen molar-refractivity contribution < 1.29 is 4.79 Å². The number of benzene rings is 1. The van der Waals surface area contributed by atoms with Gasteiger partial charge in [-0.25, -0.2) is 0 Å². The van der Waals surface area contributed by atoms with Crippen molar-refractivity contribution in [3.8, 4) is 0 Å². The lowest BCUT2D eigenvalue weighted by Gasteiger charge is -2.24. The molecule has 1 aliphatic carbocycles. The molecular formula is C14H19BrN2O. The molecule has 1 aromatic carbocycles. The maximum atomic E-state index is 11.8. The molecule has 0 bridgehead atoms. The van der Waals surface area contributed by atoms with Crippen molar-refractivity contribution in [2.75, 3.05) is 11.9 Å². The van der Waals surface area contributed by atoms with Gasteiger partial charge in [0.15, 0.2) is 0 Å². The molecule has 0 heterocycles. The summed E-state index contributed by atoms with van der Waals surface area (Å²) >= 11 is 3.39. The zero-order valence-corrected chi connectivity index (χ0v) is 12.2. The van der Waals surface area contributed by atoms with Gasteiger partial charge in [0, 0.05) is 15.7 Å². The Balaban J connectivity index is 1.82. The van der Waals surface area contributed by atoms with E-state index in [1.165, 1.54) is 12.8 Å². The first-order valence-corrected chi connectivity index (χ1v) is 7.17. The molecule has 0 atom stereocenters. The molecule has 0 aliphatic heterocycles. The van der Waals surface area contributed by atoms with E-state index in [4.69, 9.17) is 0 Å². The lowest BCUT2D eigenvalue weighted by atomic mass is 10.0. The highest BCUT2D eigenvalue weighted by atomic mass is 79.9. The molecule has 3 nitrogen and oxygen atoms in total. The monoisotopic (exact) mass is 310 g/mol. The number of nitrogens with one attached hydrogen (secondary N) is 2. The van der Waals surface area contributed by atoms with Crippen LogP contribution < -0.4 is 10.6 Å². The molecule has 18 heavy (non-hydrogen) atoms. The number of halogens is 1. The van der Waals surface area contributed by atoms with E-state index in [1.54, 1.807) is 0 Å². The third kappa shape index (κ3) is 3.82. The topological polar surface area (TPSA) is 41.1 Å². The Morgan fingerprint density at radius 3 is 2.78 bits per heavy atom. The van der Waals surface area contributed by atoms with E-state index < -0.39 is 0 Å². The smallest absolute Gasteiger partial charge is 0.238 e. The van der Waals surface area contributed by atoms with Crippen molar-refractivity contribution >= 4 is 27.5 Å². The van der Waals surface area contributed by atoms with Crippen LogP contribution in [0.15, 0.2) is 28.7 Å². The fourth-order valence-electron chi connectivity index (χ4n) is 2.40. The van der Waals surface area contributed by atoms with Crippen molar-refractivity contribution in [1.82, 2.24) is 5.32 Å². The van der Waals surface area contributed by atoms with Gasteiger partial charge in [0.05, 0.1) is 6.54 Å². The second kappa shape index (κ2) is 5.85. The molecule has 4 heteroatoms. The van der Waals surface area contributed by atoms with Crippen LogP contribution in [-0.4, -0.2) is 18.0 Å². The lowest BCUT2D eigenvalue weighted by Crippen LogP contribution is -2.43. The van der Waals surface area contributed by atoms with Crippen molar-refractivity contribution in [3.05, 3.63) is 28.7 Å². The first kappa shape index (κ1) is 13.6. The van der Waals surface area contributed by atoms with Gasteiger partial charge in [-0.1, -0.05) is 34.8 Å². The van der Waals surface area contributed by atoms with Gasteiger partial charge in [-0.3, -0.25) is 4.79 Å². The number of rotatable bonds is 4. The highest BCUT2D eigenvalue weighted by molar-refractivity contribution is 9.10. The maximum absolute atomic E-state index is 11.8. The maximum Gasteiger partial charge on any atom is 0.238 e. The summed E-state index contributed by atoms with van der Waals surface area (Å²) in [6, 6.07) is 7.63. The van der Waals surface area contributed by atoms with Crippen LogP contribution in [0.5, 0.6) is 0 Å². The zero-order chi connectivity index (χ0) is 13.0. The van der Waals surface area contributed by atoms with E-state index in [0.717, 1.165) is 23.0 Å². The van der Waals surface area contributed by atoms with Crippen LogP contribution >= 0.6 is 15.9 Å². The van der Waals surface area contributed by atoms with Crippen molar-refractivity contribution in [1.29, 1.82) is 0 Å². The average Bonchev–Trinajstić information content (AvgIpc) is 2.74. The molecule has 0 unspecified atom stereocenters. The molecule has 1 aromatic rings. The number of carbonyl (C=O) groups excluding carboxylic acids is 1. The van der Waals surface area contributed by atoms with Gasteiger partial charge in [-0.05, 0) is 38.0 Å². The Hall–Kier alpha value is -0.870. The summed E-state index contributed by atoms with van der Waals surface area (Å²) in [4.78, 5) is 11.8. The molecule has 0 radical (unpaired) electrons. The summed E-state index contributed by atoms with van der Waals surface area (Å²) in [6.07, 6.45) is 4.85. The van der Waals surface area contributed by atoms with Crippen molar-refractivity contribution in [2.45, 2.75) is 38.1 Å². The average molecular weight is 311 g/mol. The minimum atomic E-state index is 0.0150. The molecule has 0 aromatic heterocycles. The molecule has 0 saturated heterocycles. The number of anilines is 1. The van der Waals surface area contributed by atoms with Crippen molar-refractivity contribution in [3.63, 3.8) is 0 Å². The first-order chi connectivity index (χ1) is 8.57. The Kier molecular flexibility index (Phi) is 4.40. The third-order valence-corrected chi connectivity index (χ3v) is 3.98. The Bertz CT molecular complexity index is 428. The standard InChI is InChI=1S/C14H19BrN2O/c1-14(7-2-3-8-14)16-10-13(18)17-12-6-4-5-11(15)9-12/h4-6,9,16H,2-3,7-8,10H2,1H3,(H,17,18). The van der Waals surface area contributed by atoms with Crippen LogP contribution in [0.4, 0.5) is 5.69 Å². The van der Waals surface area contributed by atoms with Crippen LogP contribution in [-0.2, 0) is 4.79 Å². The van der Waals surface area contributed by atoms with E-state index in [1.807, 2.05) is 24.3 Å². The van der Waals surface area contributed by atoms with Gasteiger partial charge < -0.3 is 10.6 Å². The Morgan fingerprint density at radius 2 is 2.11 bits per heavy atom. The summed E-state index contributed by atoms with van der Waals surface area (Å²) in [7, 11) is 0. The summed E-state index contributed by atoms with van der Waals surface area (Å²) < 4.78 is 0.969. The fraction of sp³-hybridized carbons (Fsp3) is 0.500. The third-order valence-electron chi connectivity index (χ3n) is 3.49. The van der Waals surface area contributed by atoms with Crippen LogP contribution in [0.3, 0.4) is 0 Å². The van der Waals surface area contributed by atoms with Crippen LogP contribution in [0.25, 0.3) is 0 Å². The minimum Gasteiger partial charge on any atom is -0.325 e. The predicted molar refractivity (Wildman–Crippen MR) is 77.6 cm³/mol. The normalized spacial score (nSPS) is 17.7. The lowest BCUT2D eigenvalue weighted by molar-refractivity contribution is -0.115. The zero-order valence-electron chi connectivity index (χ0n) is 10.6. The molecule has 1 saturated carbocycles. The first-order valence-electron chi connectivity index (χ1n) is 6.38. The number of carbonyl (C=O) groups is 1. The van der Waals surface area contributed by atoms with Gasteiger partial charge in [-0.15, -0.1) is 0 Å². The predicted octanol–water partition coefficient (Wildman–Crippen LogP) is 3.31.